The van der Waals surface area contributed by atoms with Crippen LogP contribution >= 0.6 is 0 Å². The summed E-state index contributed by atoms with van der Waals surface area (Å²) in [5.74, 6) is 0.0804. The fourth-order valence-corrected chi connectivity index (χ4v) is 1.94. The predicted octanol–water partition coefficient (Wildman–Crippen LogP) is 3.91. The van der Waals surface area contributed by atoms with Crippen molar-refractivity contribution in [3.8, 4) is 0 Å². The first-order valence-corrected chi connectivity index (χ1v) is 5.39. The molecule has 0 aliphatic carbocycles. The molecule has 2 aromatic rings. The number of benzene rings is 2. The fraction of sp³-hybridized carbons (Fsp3) is 0.133. The van der Waals surface area contributed by atoms with Crippen LogP contribution in [0.4, 0.5) is 0 Å². The maximum atomic E-state index is 12.0. The van der Waals surface area contributed by atoms with Crippen LogP contribution in [0, 0.1) is 6.92 Å². The van der Waals surface area contributed by atoms with Gasteiger partial charge in [0.2, 0.25) is 0 Å². The van der Waals surface area contributed by atoms with E-state index in [9.17, 15) is 4.79 Å². The molecule has 80 valence electrons. The molecule has 1 heteroatoms. The third-order valence-corrected chi connectivity index (χ3v) is 2.70. The number of ketones is 1. The van der Waals surface area contributed by atoms with Crippen LogP contribution in [0.15, 0.2) is 48.6 Å². The minimum absolute atomic E-state index is 0.0804. The van der Waals surface area contributed by atoms with Gasteiger partial charge in [0.05, 0.1) is 0 Å². The molecule has 2 aromatic carbocycles. The Kier molecular flexibility index (Phi) is 2.86. The van der Waals surface area contributed by atoms with Crippen molar-refractivity contribution in [3.05, 3.63) is 59.7 Å². The minimum Gasteiger partial charge on any atom is -0.289 e. The molecule has 0 saturated carbocycles. The predicted molar refractivity (Wildman–Crippen MR) is 67.8 cm³/mol. The third kappa shape index (κ3) is 1.76. The molecule has 0 amide bonds. The van der Waals surface area contributed by atoms with E-state index < -0.39 is 0 Å². The number of fused-ring (bicyclic) bond motifs is 1. The molecule has 0 unspecified atom stereocenters. The second-order valence-electron chi connectivity index (χ2n) is 3.84. The van der Waals surface area contributed by atoms with Gasteiger partial charge in [0.25, 0.3) is 0 Å². The summed E-state index contributed by atoms with van der Waals surface area (Å²) in [6, 6.07) is 12.0. The zero-order valence-electron chi connectivity index (χ0n) is 9.53. The number of hydrogen-bond acceptors (Lipinski definition) is 1. The molecular weight excluding hydrogens is 196 g/mol. The summed E-state index contributed by atoms with van der Waals surface area (Å²) < 4.78 is 0. The van der Waals surface area contributed by atoms with Crippen molar-refractivity contribution >= 4 is 16.6 Å². The van der Waals surface area contributed by atoms with E-state index in [0.717, 1.165) is 21.9 Å². The second-order valence-corrected chi connectivity index (χ2v) is 3.84. The molecule has 0 fully saturated rings. The lowest BCUT2D eigenvalue weighted by Crippen LogP contribution is -1.99. The Balaban J connectivity index is 2.75. The van der Waals surface area contributed by atoms with Gasteiger partial charge in [-0.2, -0.15) is 0 Å². The molecule has 0 spiro atoms. The van der Waals surface area contributed by atoms with Crippen LogP contribution in [-0.4, -0.2) is 5.78 Å². The molecule has 0 radical (unpaired) electrons. The van der Waals surface area contributed by atoms with Gasteiger partial charge in [0, 0.05) is 5.56 Å². The van der Waals surface area contributed by atoms with E-state index in [4.69, 9.17) is 0 Å². The van der Waals surface area contributed by atoms with Crippen molar-refractivity contribution in [1.29, 1.82) is 0 Å². The van der Waals surface area contributed by atoms with Gasteiger partial charge in [0.15, 0.2) is 5.78 Å². The lowest BCUT2D eigenvalue weighted by atomic mass is 9.96. The number of carbonyl (C=O) groups excluding carboxylic acids is 1. The van der Waals surface area contributed by atoms with Crippen molar-refractivity contribution in [2.45, 2.75) is 13.8 Å². The molecule has 0 saturated heterocycles. The van der Waals surface area contributed by atoms with Crippen LogP contribution in [0.2, 0.25) is 0 Å². The largest absolute Gasteiger partial charge is 0.289 e. The Morgan fingerprint density at radius 1 is 1.12 bits per heavy atom. The summed E-state index contributed by atoms with van der Waals surface area (Å²) >= 11 is 0. The zero-order chi connectivity index (χ0) is 11.5. The maximum absolute atomic E-state index is 12.0. The molecule has 2 rings (SSSR count). The number of rotatable bonds is 2. The van der Waals surface area contributed by atoms with Crippen LogP contribution in [0.1, 0.15) is 22.8 Å². The van der Waals surface area contributed by atoms with Gasteiger partial charge in [-0.25, -0.2) is 0 Å². The summed E-state index contributed by atoms with van der Waals surface area (Å²) in [6.45, 7) is 3.83. The zero-order valence-corrected chi connectivity index (χ0v) is 9.53. The lowest BCUT2D eigenvalue weighted by molar-refractivity contribution is 0.104. The standard InChI is InChI=1S/C15H14O/c1-3-6-14(16)15-11(2)9-10-12-7-4-5-8-13(12)15/h3-10H,1-2H3. The Hall–Kier alpha value is -1.89. The van der Waals surface area contributed by atoms with Gasteiger partial charge in [0.1, 0.15) is 0 Å². The SMILES string of the molecule is CC=CC(=O)c1c(C)ccc2ccccc12. The average Bonchev–Trinajstić information content (AvgIpc) is 2.29. The smallest absolute Gasteiger partial charge is 0.186 e. The summed E-state index contributed by atoms with van der Waals surface area (Å²) in [6.07, 6.45) is 3.40. The van der Waals surface area contributed by atoms with E-state index in [1.165, 1.54) is 0 Å². The first-order valence-electron chi connectivity index (χ1n) is 5.39. The lowest BCUT2D eigenvalue weighted by Gasteiger charge is -2.07. The van der Waals surface area contributed by atoms with Gasteiger partial charge in [-0.3, -0.25) is 4.79 Å². The third-order valence-electron chi connectivity index (χ3n) is 2.70. The van der Waals surface area contributed by atoms with Crippen molar-refractivity contribution in [1.82, 2.24) is 0 Å². The average molecular weight is 210 g/mol. The van der Waals surface area contributed by atoms with Crippen molar-refractivity contribution in [2.75, 3.05) is 0 Å². The molecule has 1 nitrogen and oxygen atoms in total. The van der Waals surface area contributed by atoms with E-state index >= 15 is 0 Å². The highest BCUT2D eigenvalue weighted by atomic mass is 16.1. The summed E-state index contributed by atoms with van der Waals surface area (Å²) in [4.78, 5) is 12.0. The quantitative estimate of drug-likeness (QED) is 0.542. The second kappa shape index (κ2) is 4.31. The number of allylic oxidation sites excluding steroid dienone is 2. The molecule has 0 aromatic heterocycles. The highest BCUT2D eigenvalue weighted by Crippen LogP contribution is 2.22. The van der Waals surface area contributed by atoms with Gasteiger partial charge in [-0.15, -0.1) is 0 Å². The molecule has 0 atom stereocenters. The summed E-state index contributed by atoms with van der Waals surface area (Å²) in [5, 5.41) is 2.14. The molecule has 0 N–H and O–H groups in total. The summed E-state index contributed by atoms with van der Waals surface area (Å²) in [5.41, 5.74) is 1.85. The van der Waals surface area contributed by atoms with Gasteiger partial charge >= 0.3 is 0 Å². The molecule has 0 aliphatic heterocycles. The molecule has 0 heterocycles. The Bertz CT molecular complexity index is 565. The summed E-state index contributed by atoms with van der Waals surface area (Å²) in [7, 11) is 0. The van der Waals surface area contributed by atoms with Crippen LogP contribution in [0.3, 0.4) is 0 Å². The Labute approximate surface area is 95.4 Å². The fourth-order valence-electron chi connectivity index (χ4n) is 1.94. The van der Waals surface area contributed by atoms with Crippen LogP contribution < -0.4 is 0 Å². The molecule has 0 aliphatic rings. The molecular formula is C15H14O. The van der Waals surface area contributed by atoms with E-state index in [-0.39, 0.29) is 5.78 Å². The Morgan fingerprint density at radius 2 is 1.88 bits per heavy atom. The monoisotopic (exact) mass is 210 g/mol. The van der Waals surface area contributed by atoms with E-state index in [2.05, 4.69) is 6.07 Å². The van der Waals surface area contributed by atoms with Gasteiger partial charge < -0.3 is 0 Å². The number of hydrogen-bond donors (Lipinski definition) is 0. The van der Waals surface area contributed by atoms with E-state index in [0.29, 0.717) is 0 Å². The highest BCUT2D eigenvalue weighted by molar-refractivity contribution is 6.14. The van der Waals surface area contributed by atoms with Crippen molar-refractivity contribution in [3.63, 3.8) is 0 Å². The van der Waals surface area contributed by atoms with E-state index in [1.54, 1.807) is 12.2 Å². The molecule has 16 heavy (non-hydrogen) atoms. The van der Waals surface area contributed by atoms with Gasteiger partial charge in [-0.05, 0) is 36.3 Å². The van der Waals surface area contributed by atoms with Crippen LogP contribution in [-0.2, 0) is 0 Å². The highest BCUT2D eigenvalue weighted by Gasteiger charge is 2.09. The van der Waals surface area contributed by atoms with Gasteiger partial charge in [-0.1, -0.05) is 42.5 Å². The number of aryl methyl sites for hydroxylation is 1. The van der Waals surface area contributed by atoms with E-state index in [1.807, 2.05) is 44.2 Å². The minimum atomic E-state index is 0.0804. The normalized spacial score (nSPS) is 11.1. The molecule has 0 bridgehead atoms. The van der Waals surface area contributed by atoms with Crippen molar-refractivity contribution in [2.24, 2.45) is 0 Å². The van der Waals surface area contributed by atoms with Crippen LogP contribution in [0.5, 0.6) is 0 Å². The Morgan fingerprint density at radius 3 is 2.62 bits per heavy atom. The maximum Gasteiger partial charge on any atom is 0.186 e. The number of carbonyl (C=O) groups is 1. The van der Waals surface area contributed by atoms with Crippen molar-refractivity contribution < 1.29 is 4.79 Å². The van der Waals surface area contributed by atoms with Crippen LogP contribution in [0.25, 0.3) is 10.8 Å². The topological polar surface area (TPSA) is 17.1 Å². The first kappa shape index (κ1) is 10.6. The first-order chi connectivity index (χ1) is 7.74.